The van der Waals surface area contributed by atoms with E-state index in [9.17, 15) is 18.6 Å². The van der Waals surface area contributed by atoms with Gasteiger partial charge in [0.2, 0.25) is 9.84 Å². The highest BCUT2D eigenvalue weighted by Crippen LogP contribution is 2.24. The van der Waals surface area contributed by atoms with Crippen LogP contribution in [0.25, 0.3) is 0 Å². The SMILES string of the molecule is O=S(=O)(c1ccc(CCCNC[C@@H](O)c2cccc(Cl)c2)cc1)c1cccc(O)c1. The summed E-state index contributed by atoms with van der Waals surface area (Å²) in [6.07, 6.45) is 1.01. The average molecular weight is 446 g/mol. The van der Waals surface area contributed by atoms with Crippen molar-refractivity contribution < 1.29 is 18.6 Å². The lowest BCUT2D eigenvalue weighted by molar-refractivity contribution is 0.175. The summed E-state index contributed by atoms with van der Waals surface area (Å²) in [6, 6.07) is 19.6. The minimum atomic E-state index is -3.66. The standard InChI is InChI=1S/C23H24ClNO4S/c24-19-6-1-5-18(14-19)23(27)16-25-13-3-4-17-9-11-21(12-10-17)30(28,29)22-8-2-7-20(26)15-22/h1-2,5-12,14-15,23,25-27H,3-4,13,16H2/t23-/m1/s1. The molecule has 0 bridgehead atoms. The number of phenols is 1. The number of rotatable bonds is 9. The number of sulfone groups is 1. The fraction of sp³-hybridized carbons (Fsp3) is 0.217. The number of aryl methyl sites for hydroxylation is 1. The van der Waals surface area contributed by atoms with E-state index in [2.05, 4.69) is 5.32 Å². The predicted octanol–water partition coefficient (Wildman–Crippen LogP) is 4.13. The second-order valence-corrected chi connectivity index (χ2v) is 9.41. The second kappa shape index (κ2) is 10.1. The summed E-state index contributed by atoms with van der Waals surface area (Å²) in [6.45, 7) is 1.16. The summed E-state index contributed by atoms with van der Waals surface area (Å²) in [5.41, 5.74) is 1.81. The predicted molar refractivity (Wildman–Crippen MR) is 118 cm³/mol. The van der Waals surface area contributed by atoms with Crippen molar-refractivity contribution in [3.8, 4) is 5.75 Å². The molecular weight excluding hydrogens is 422 g/mol. The summed E-state index contributed by atoms with van der Waals surface area (Å²) in [4.78, 5) is 0.261. The molecule has 3 rings (SSSR count). The molecule has 3 aromatic rings. The summed E-state index contributed by atoms with van der Waals surface area (Å²) in [7, 11) is -3.66. The van der Waals surface area contributed by atoms with E-state index in [0.717, 1.165) is 30.5 Å². The lowest BCUT2D eigenvalue weighted by Gasteiger charge is -2.12. The first kappa shape index (κ1) is 22.3. The molecule has 0 spiro atoms. The molecule has 0 radical (unpaired) electrons. The molecule has 3 aromatic carbocycles. The van der Waals surface area contributed by atoms with E-state index in [4.69, 9.17) is 11.6 Å². The summed E-state index contributed by atoms with van der Waals surface area (Å²) in [5, 5.41) is 23.5. The largest absolute Gasteiger partial charge is 0.508 e. The molecule has 5 nitrogen and oxygen atoms in total. The van der Waals surface area contributed by atoms with Crippen molar-refractivity contribution in [1.82, 2.24) is 5.32 Å². The number of hydrogen-bond acceptors (Lipinski definition) is 5. The van der Waals surface area contributed by atoms with Crippen molar-refractivity contribution in [2.24, 2.45) is 0 Å². The Morgan fingerprint density at radius 1 is 0.933 bits per heavy atom. The summed E-state index contributed by atoms with van der Waals surface area (Å²) in [5.74, 6) is -0.0827. The number of benzene rings is 3. The monoisotopic (exact) mass is 445 g/mol. The second-order valence-electron chi connectivity index (χ2n) is 7.02. The van der Waals surface area contributed by atoms with E-state index < -0.39 is 15.9 Å². The van der Waals surface area contributed by atoms with Gasteiger partial charge in [-0.25, -0.2) is 8.42 Å². The topological polar surface area (TPSA) is 86.6 Å². The molecule has 7 heteroatoms. The quantitative estimate of drug-likeness (QED) is 0.431. The summed E-state index contributed by atoms with van der Waals surface area (Å²) >= 11 is 5.94. The highest BCUT2D eigenvalue weighted by molar-refractivity contribution is 7.91. The van der Waals surface area contributed by atoms with Crippen molar-refractivity contribution in [1.29, 1.82) is 0 Å². The van der Waals surface area contributed by atoms with Crippen LogP contribution in [0.15, 0.2) is 82.6 Å². The van der Waals surface area contributed by atoms with Crippen LogP contribution < -0.4 is 5.32 Å². The third-order valence-electron chi connectivity index (χ3n) is 4.75. The van der Waals surface area contributed by atoms with Gasteiger partial charge in [-0.3, -0.25) is 0 Å². The van der Waals surface area contributed by atoms with Crippen molar-refractivity contribution in [2.75, 3.05) is 13.1 Å². The number of hydrogen-bond donors (Lipinski definition) is 3. The van der Waals surface area contributed by atoms with Gasteiger partial charge in [-0.05, 0) is 73.0 Å². The highest BCUT2D eigenvalue weighted by Gasteiger charge is 2.17. The van der Waals surface area contributed by atoms with Gasteiger partial charge >= 0.3 is 0 Å². The van der Waals surface area contributed by atoms with Gasteiger partial charge in [-0.1, -0.05) is 41.9 Å². The van der Waals surface area contributed by atoms with Gasteiger partial charge in [0.15, 0.2) is 0 Å². The van der Waals surface area contributed by atoms with E-state index in [1.165, 1.54) is 24.3 Å². The Morgan fingerprint density at radius 2 is 1.67 bits per heavy atom. The molecule has 0 heterocycles. The molecule has 0 aliphatic heterocycles. The van der Waals surface area contributed by atoms with Gasteiger partial charge in [-0.15, -0.1) is 0 Å². The number of nitrogens with one attached hydrogen (secondary N) is 1. The maximum Gasteiger partial charge on any atom is 0.206 e. The molecule has 0 aliphatic carbocycles. The van der Waals surface area contributed by atoms with Gasteiger partial charge in [0.25, 0.3) is 0 Å². The van der Waals surface area contributed by atoms with Gasteiger partial charge < -0.3 is 15.5 Å². The first-order chi connectivity index (χ1) is 14.4. The van der Waals surface area contributed by atoms with Crippen LogP contribution in [0, 0.1) is 0 Å². The van der Waals surface area contributed by atoms with Gasteiger partial charge in [-0.2, -0.15) is 0 Å². The lowest BCUT2D eigenvalue weighted by Crippen LogP contribution is -2.22. The third-order valence-corrected chi connectivity index (χ3v) is 6.75. The molecule has 0 saturated carbocycles. The first-order valence-corrected chi connectivity index (χ1v) is 11.5. The molecule has 1 atom stereocenters. The maximum absolute atomic E-state index is 12.6. The molecule has 0 amide bonds. The number of aliphatic hydroxyl groups is 1. The van der Waals surface area contributed by atoms with Gasteiger partial charge in [0.05, 0.1) is 15.9 Å². The van der Waals surface area contributed by atoms with Crippen molar-refractivity contribution in [2.45, 2.75) is 28.7 Å². The van der Waals surface area contributed by atoms with E-state index in [0.29, 0.717) is 11.6 Å². The minimum absolute atomic E-state index is 0.0673. The van der Waals surface area contributed by atoms with Crippen molar-refractivity contribution in [3.05, 3.63) is 88.9 Å². The number of aromatic hydroxyl groups is 1. The van der Waals surface area contributed by atoms with Crippen LogP contribution in [-0.4, -0.2) is 31.7 Å². The van der Waals surface area contributed by atoms with Crippen LogP contribution in [0.2, 0.25) is 5.02 Å². The Morgan fingerprint density at radius 3 is 2.37 bits per heavy atom. The fourth-order valence-corrected chi connectivity index (χ4v) is 4.61. The number of halogens is 1. The molecule has 0 saturated heterocycles. The zero-order valence-electron chi connectivity index (χ0n) is 16.3. The van der Waals surface area contributed by atoms with Crippen LogP contribution >= 0.6 is 11.6 Å². The molecule has 0 aliphatic rings. The number of phenolic OH excluding ortho intramolecular Hbond substituents is 1. The Balaban J connectivity index is 1.48. The van der Waals surface area contributed by atoms with Gasteiger partial charge in [0.1, 0.15) is 5.75 Å². The Bertz CT molecular complexity index is 1080. The van der Waals surface area contributed by atoms with Crippen LogP contribution in [-0.2, 0) is 16.3 Å². The van der Waals surface area contributed by atoms with E-state index in [1.807, 2.05) is 12.1 Å². The Labute approximate surface area is 181 Å². The normalized spacial score (nSPS) is 12.6. The molecule has 0 fully saturated rings. The molecule has 0 aromatic heterocycles. The van der Waals surface area contributed by atoms with E-state index in [-0.39, 0.29) is 15.5 Å². The minimum Gasteiger partial charge on any atom is -0.508 e. The van der Waals surface area contributed by atoms with Crippen molar-refractivity contribution >= 4 is 21.4 Å². The van der Waals surface area contributed by atoms with Crippen LogP contribution in [0.5, 0.6) is 5.75 Å². The third kappa shape index (κ3) is 5.83. The highest BCUT2D eigenvalue weighted by atomic mass is 35.5. The first-order valence-electron chi connectivity index (χ1n) is 9.63. The fourth-order valence-electron chi connectivity index (χ4n) is 3.11. The zero-order chi connectivity index (χ0) is 21.6. The van der Waals surface area contributed by atoms with Crippen LogP contribution in [0.4, 0.5) is 0 Å². The van der Waals surface area contributed by atoms with Crippen LogP contribution in [0.3, 0.4) is 0 Å². The van der Waals surface area contributed by atoms with E-state index in [1.54, 1.807) is 36.4 Å². The van der Waals surface area contributed by atoms with Gasteiger partial charge in [0, 0.05) is 11.6 Å². The van der Waals surface area contributed by atoms with Crippen LogP contribution in [0.1, 0.15) is 23.7 Å². The molecule has 3 N–H and O–H groups in total. The Kier molecular flexibility index (Phi) is 7.50. The maximum atomic E-state index is 12.6. The molecule has 30 heavy (non-hydrogen) atoms. The average Bonchev–Trinajstić information content (AvgIpc) is 2.73. The van der Waals surface area contributed by atoms with Crippen molar-refractivity contribution in [3.63, 3.8) is 0 Å². The molecule has 158 valence electrons. The van der Waals surface area contributed by atoms with E-state index >= 15 is 0 Å². The molecule has 0 unspecified atom stereocenters. The molecular formula is C23H24ClNO4S. The zero-order valence-corrected chi connectivity index (χ0v) is 17.9. The number of aliphatic hydroxyl groups excluding tert-OH is 1. The smallest absolute Gasteiger partial charge is 0.206 e. The Hall–Kier alpha value is -2.38. The summed E-state index contributed by atoms with van der Waals surface area (Å²) < 4.78 is 25.3. The lowest BCUT2D eigenvalue weighted by atomic mass is 10.1.